The summed E-state index contributed by atoms with van der Waals surface area (Å²) < 4.78 is 0. The van der Waals surface area contributed by atoms with Crippen LogP contribution in [-0.2, 0) is 4.79 Å². The van der Waals surface area contributed by atoms with Crippen molar-refractivity contribution < 1.29 is 4.79 Å². The van der Waals surface area contributed by atoms with Gasteiger partial charge >= 0.3 is 0 Å². The average Bonchev–Trinajstić information content (AvgIpc) is 3.19. The maximum atomic E-state index is 12.4. The first-order chi connectivity index (χ1) is 9.10. The fourth-order valence-corrected chi connectivity index (χ4v) is 2.70. The number of nitrogens with zero attached hydrogens (tertiary/aromatic N) is 1. The van der Waals surface area contributed by atoms with Gasteiger partial charge in [0.1, 0.15) is 0 Å². The smallest absolute Gasteiger partial charge is 0.222 e. The molecule has 1 aliphatic rings. The highest BCUT2D eigenvalue weighted by Gasteiger charge is 2.31. The second-order valence-corrected chi connectivity index (χ2v) is 6.29. The van der Waals surface area contributed by atoms with Crippen LogP contribution in [0.5, 0.6) is 0 Å². The zero-order chi connectivity index (χ0) is 14.3. The van der Waals surface area contributed by atoms with Gasteiger partial charge in [0.05, 0.1) is 0 Å². The lowest BCUT2D eigenvalue weighted by Crippen LogP contribution is -2.34. The molecule has 3 nitrogen and oxygen atoms in total. The molecule has 0 heterocycles. The molecule has 1 unspecified atom stereocenters. The van der Waals surface area contributed by atoms with Crippen LogP contribution in [0.1, 0.15) is 65.7 Å². The van der Waals surface area contributed by atoms with E-state index in [1.165, 1.54) is 12.8 Å². The molecule has 2 N–H and O–H groups in total. The number of carbonyl (C=O) groups excluding carboxylic acids is 1. The van der Waals surface area contributed by atoms with Crippen LogP contribution in [0.2, 0.25) is 0 Å². The third-order valence-electron chi connectivity index (χ3n) is 4.27. The summed E-state index contributed by atoms with van der Waals surface area (Å²) in [6.07, 6.45) is 7.49. The standard InChI is InChI=1S/C16H32N2O/c1-4-5-12-18(15-7-8-15)16(19)9-6-14(10-11-17)13(2)3/h13-15H,4-12,17H2,1-3H3. The number of amides is 1. The number of hydrogen-bond donors (Lipinski definition) is 1. The van der Waals surface area contributed by atoms with Gasteiger partial charge in [0.15, 0.2) is 0 Å². The largest absolute Gasteiger partial charge is 0.340 e. The van der Waals surface area contributed by atoms with Crippen molar-refractivity contribution >= 4 is 5.91 Å². The molecule has 0 aliphatic heterocycles. The number of carbonyl (C=O) groups is 1. The molecule has 3 heteroatoms. The molecule has 1 fully saturated rings. The van der Waals surface area contributed by atoms with Crippen LogP contribution in [0.25, 0.3) is 0 Å². The van der Waals surface area contributed by atoms with E-state index in [4.69, 9.17) is 5.73 Å². The summed E-state index contributed by atoms with van der Waals surface area (Å²) in [6.45, 7) is 8.36. The molecule has 1 atom stereocenters. The number of hydrogen-bond acceptors (Lipinski definition) is 2. The lowest BCUT2D eigenvalue weighted by atomic mass is 9.88. The molecule has 1 aliphatic carbocycles. The van der Waals surface area contributed by atoms with Crippen LogP contribution in [-0.4, -0.2) is 29.9 Å². The highest BCUT2D eigenvalue weighted by atomic mass is 16.2. The van der Waals surface area contributed by atoms with Gasteiger partial charge in [-0.25, -0.2) is 0 Å². The highest BCUT2D eigenvalue weighted by molar-refractivity contribution is 5.76. The molecular formula is C16H32N2O. The van der Waals surface area contributed by atoms with E-state index in [1.807, 2.05) is 0 Å². The molecule has 1 saturated carbocycles. The summed E-state index contributed by atoms with van der Waals surface area (Å²) in [4.78, 5) is 14.5. The molecule has 0 bridgehead atoms. The summed E-state index contributed by atoms with van der Waals surface area (Å²) in [5, 5.41) is 0. The van der Waals surface area contributed by atoms with Gasteiger partial charge in [-0.15, -0.1) is 0 Å². The Hall–Kier alpha value is -0.570. The molecule has 0 aromatic carbocycles. The minimum absolute atomic E-state index is 0.374. The van der Waals surface area contributed by atoms with E-state index in [1.54, 1.807) is 0 Å². The molecular weight excluding hydrogens is 236 g/mol. The van der Waals surface area contributed by atoms with Crippen LogP contribution in [0.3, 0.4) is 0 Å². The summed E-state index contributed by atoms with van der Waals surface area (Å²) in [5.41, 5.74) is 5.66. The lowest BCUT2D eigenvalue weighted by molar-refractivity contribution is -0.132. The van der Waals surface area contributed by atoms with Crippen LogP contribution < -0.4 is 5.73 Å². The van der Waals surface area contributed by atoms with E-state index in [0.717, 1.165) is 38.8 Å². The van der Waals surface area contributed by atoms with Crippen LogP contribution in [0.15, 0.2) is 0 Å². The third-order valence-corrected chi connectivity index (χ3v) is 4.27. The van der Waals surface area contributed by atoms with Crippen molar-refractivity contribution in [1.29, 1.82) is 0 Å². The fourth-order valence-electron chi connectivity index (χ4n) is 2.70. The first kappa shape index (κ1) is 16.5. The molecule has 0 aromatic heterocycles. The van der Waals surface area contributed by atoms with Crippen molar-refractivity contribution in [2.45, 2.75) is 71.8 Å². The number of nitrogens with two attached hydrogens (primary N) is 1. The lowest BCUT2D eigenvalue weighted by Gasteiger charge is -2.25. The van der Waals surface area contributed by atoms with Gasteiger partial charge in [-0.1, -0.05) is 27.2 Å². The van der Waals surface area contributed by atoms with Crippen molar-refractivity contribution in [2.75, 3.05) is 13.1 Å². The average molecular weight is 268 g/mol. The summed E-state index contributed by atoms with van der Waals surface area (Å²) in [6, 6.07) is 0.561. The minimum Gasteiger partial charge on any atom is -0.340 e. The number of unbranched alkanes of at least 4 members (excludes halogenated alkanes) is 1. The summed E-state index contributed by atoms with van der Waals surface area (Å²) in [7, 11) is 0. The Morgan fingerprint density at radius 2 is 2.00 bits per heavy atom. The van der Waals surface area contributed by atoms with E-state index in [0.29, 0.717) is 30.2 Å². The Morgan fingerprint density at radius 1 is 1.32 bits per heavy atom. The highest BCUT2D eigenvalue weighted by Crippen LogP contribution is 2.29. The molecule has 0 saturated heterocycles. The first-order valence-electron chi connectivity index (χ1n) is 8.09. The van der Waals surface area contributed by atoms with Crippen molar-refractivity contribution in [3.05, 3.63) is 0 Å². The maximum Gasteiger partial charge on any atom is 0.222 e. The van der Waals surface area contributed by atoms with Gasteiger partial charge in [-0.3, -0.25) is 4.79 Å². The summed E-state index contributed by atoms with van der Waals surface area (Å²) >= 11 is 0. The Labute approximate surface area is 118 Å². The molecule has 1 amide bonds. The molecule has 112 valence electrons. The van der Waals surface area contributed by atoms with E-state index in [-0.39, 0.29) is 0 Å². The van der Waals surface area contributed by atoms with Crippen LogP contribution >= 0.6 is 0 Å². The monoisotopic (exact) mass is 268 g/mol. The topological polar surface area (TPSA) is 46.3 Å². The Morgan fingerprint density at radius 3 is 2.47 bits per heavy atom. The predicted molar refractivity (Wildman–Crippen MR) is 80.9 cm³/mol. The second kappa shape index (κ2) is 8.57. The minimum atomic E-state index is 0.374. The van der Waals surface area contributed by atoms with E-state index in [9.17, 15) is 4.79 Å². The van der Waals surface area contributed by atoms with Gasteiger partial charge in [0, 0.05) is 19.0 Å². The van der Waals surface area contributed by atoms with Crippen molar-refractivity contribution in [2.24, 2.45) is 17.6 Å². The first-order valence-corrected chi connectivity index (χ1v) is 8.09. The third kappa shape index (κ3) is 5.94. The van der Waals surface area contributed by atoms with Crippen LogP contribution in [0.4, 0.5) is 0 Å². The Balaban J connectivity index is 2.37. The quantitative estimate of drug-likeness (QED) is 0.661. The van der Waals surface area contributed by atoms with Crippen LogP contribution in [0, 0.1) is 11.8 Å². The van der Waals surface area contributed by atoms with Gasteiger partial charge in [-0.2, -0.15) is 0 Å². The van der Waals surface area contributed by atoms with E-state index in [2.05, 4.69) is 25.7 Å². The SMILES string of the molecule is CCCCN(C(=O)CCC(CCN)C(C)C)C1CC1. The predicted octanol–water partition coefficient (Wildman–Crippen LogP) is 3.18. The molecule has 1 rings (SSSR count). The van der Waals surface area contributed by atoms with Crippen molar-refractivity contribution in [3.63, 3.8) is 0 Å². The van der Waals surface area contributed by atoms with Gasteiger partial charge in [0.2, 0.25) is 5.91 Å². The normalized spacial score (nSPS) is 16.7. The molecule has 0 spiro atoms. The molecule has 0 aromatic rings. The Kier molecular flexibility index (Phi) is 7.44. The maximum absolute atomic E-state index is 12.4. The Bertz CT molecular complexity index is 261. The second-order valence-electron chi connectivity index (χ2n) is 6.29. The van der Waals surface area contributed by atoms with E-state index < -0.39 is 0 Å². The van der Waals surface area contributed by atoms with Crippen molar-refractivity contribution in [1.82, 2.24) is 4.90 Å². The van der Waals surface area contributed by atoms with Gasteiger partial charge in [-0.05, 0) is 50.5 Å². The van der Waals surface area contributed by atoms with Crippen molar-refractivity contribution in [3.8, 4) is 0 Å². The molecule has 19 heavy (non-hydrogen) atoms. The van der Waals surface area contributed by atoms with Gasteiger partial charge in [0.25, 0.3) is 0 Å². The van der Waals surface area contributed by atoms with E-state index >= 15 is 0 Å². The number of rotatable bonds is 10. The summed E-state index contributed by atoms with van der Waals surface area (Å²) in [5.74, 6) is 1.60. The zero-order valence-corrected chi connectivity index (χ0v) is 13.0. The van der Waals surface area contributed by atoms with Gasteiger partial charge < -0.3 is 10.6 Å². The molecule has 0 radical (unpaired) electrons. The fraction of sp³-hybridized carbons (Fsp3) is 0.938. The zero-order valence-electron chi connectivity index (χ0n) is 13.0.